The Morgan fingerprint density at radius 1 is 1.07 bits per heavy atom. The van der Waals surface area contributed by atoms with Crippen LogP contribution in [0.25, 0.3) is 22.4 Å². The number of aryl methyl sites for hydroxylation is 1. The molecule has 1 amide bonds. The van der Waals surface area contributed by atoms with Gasteiger partial charge in [-0.3, -0.25) is 4.79 Å². The minimum atomic E-state index is -3.89. The van der Waals surface area contributed by atoms with Crippen molar-refractivity contribution in [2.45, 2.75) is 44.4 Å². The van der Waals surface area contributed by atoms with E-state index in [1.54, 1.807) is 12.1 Å². The fourth-order valence-electron chi connectivity index (χ4n) is 3.05. The highest BCUT2D eigenvalue weighted by molar-refractivity contribution is 7.90. The summed E-state index contributed by atoms with van der Waals surface area (Å²) >= 11 is 0. The molecule has 0 saturated carbocycles. The van der Waals surface area contributed by atoms with Gasteiger partial charge < -0.3 is 4.52 Å². The summed E-state index contributed by atoms with van der Waals surface area (Å²) in [5.41, 5.74) is 4.25. The van der Waals surface area contributed by atoms with Crippen molar-refractivity contribution >= 4 is 15.9 Å². The first-order chi connectivity index (χ1) is 13.9. The standard InChI is InChI=1S/C22H24N2O4S/c1-3-4-5-9-21(25)24-29(26,27)19-12-10-17(11-13-19)20-15-28-23-22(20)18-8-6-7-16(2)14-18/h6-8,10-15H,3-5,9H2,1-2H3,(H,24,25). The number of sulfonamides is 1. The average Bonchev–Trinajstić information content (AvgIpc) is 3.18. The highest BCUT2D eigenvalue weighted by Crippen LogP contribution is 2.32. The Morgan fingerprint density at radius 2 is 1.83 bits per heavy atom. The maximum Gasteiger partial charge on any atom is 0.264 e. The predicted octanol–water partition coefficient (Wildman–Crippen LogP) is 4.70. The van der Waals surface area contributed by atoms with Crippen LogP contribution in [0.15, 0.2) is 64.2 Å². The molecule has 29 heavy (non-hydrogen) atoms. The highest BCUT2D eigenvalue weighted by atomic mass is 32.2. The van der Waals surface area contributed by atoms with Crippen molar-refractivity contribution in [2.24, 2.45) is 0 Å². The molecule has 0 aliphatic carbocycles. The molecule has 3 aromatic rings. The molecule has 0 atom stereocenters. The van der Waals surface area contributed by atoms with Crippen LogP contribution < -0.4 is 4.72 Å². The lowest BCUT2D eigenvalue weighted by atomic mass is 10.0. The summed E-state index contributed by atoms with van der Waals surface area (Å²) in [6.07, 6.45) is 4.27. The molecule has 6 nitrogen and oxygen atoms in total. The van der Waals surface area contributed by atoms with Crippen molar-refractivity contribution in [2.75, 3.05) is 0 Å². The molecule has 2 aromatic carbocycles. The molecule has 0 radical (unpaired) electrons. The van der Waals surface area contributed by atoms with E-state index in [0.29, 0.717) is 12.1 Å². The normalized spacial score (nSPS) is 11.4. The molecule has 0 saturated heterocycles. The second kappa shape index (κ2) is 9.05. The summed E-state index contributed by atoms with van der Waals surface area (Å²) in [6, 6.07) is 14.2. The summed E-state index contributed by atoms with van der Waals surface area (Å²) in [5, 5.41) is 4.10. The van der Waals surface area contributed by atoms with Gasteiger partial charge >= 0.3 is 0 Å². The summed E-state index contributed by atoms with van der Waals surface area (Å²) in [7, 11) is -3.89. The van der Waals surface area contributed by atoms with Crippen molar-refractivity contribution < 1.29 is 17.7 Å². The largest absolute Gasteiger partial charge is 0.363 e. The molecular weight excluding hydrogens is 388 g/mol. The van der Waals surface area contributed by atoms with Crippen LogP contribution in [0.4, 0.5) is 0 Å². The van der Waals surface area contributed by atoms with Crippen LogP contribution in [0.3, 0.4) is 0 Å². The van der Waals surface area contributed by atoms with E-state index >= 15 is 0 Å². The molecule has 152 valence electrons. The zero-order valence-electron chi connectivity index (χ0n) is 16.5. The monoisotopic (exact) mass is 412 g/mol. The van der Waals surface area contributed by atoms with Gasteiger partial charge in [-0.15, -0.1) is 0 Å². The van der Waals surface area contributed by atoms with Crippen LogP contribution in [0.1, 0.15) is 38.2 Å². The second-order valence-electron chi connectivity index (χ2n) is 6.96. The molecule has 0 aliphatic heterocycles. The fraction of sp³-hybridized carbons (Fsp3) is 0.273. The number of nitrogens with zero attached hydrogens (tertiary/aromatic N) is 1. The average molecular weight is 413 g/mol. The third-order valence-corrected chi connectivity index (χ3v) is 5.98. The molecule has 0 spiro atoms. The van der Waals surface area contributed by atoms with Crippen molar-refractivity contribution in [1.29, 1.82) is 0 Å². The third kappa shape index (κ3) is 5.12. The number of hydrogen-bond donors (Lipinski definition) is 1. The van der Waals surface area contributed by atoms with Gasteiger partial charge in [0.2, 0.25) is 5.91 Å². The molecular formula is C22H24N2O4S. The Balaban J connectivity index is 1.79. The van der Waals surface area contributed by atoms with Gasteiger partial charge in [-0.2, -0.15) is 0 Å². The van der Waals surface area contributed by atoms with Gasteiger partial charge in [-0.05, 0) is 37.1 Å². The van der Waals surface area contributed by atoms with Gasteiger partial charge in [0.05, 0.1) is 4.90 Å². The van der Waals surface area contributed by atoms with Crippen molar-refractivity contribution in [3.05, 3.63) is 60.4 Å². The van der Waals surface area contributed by atoms with E-state index in [9.17, 15) is 13.2 Å². The predicted molar refractivity (Wildman–Crippen MR) is 112 cm³/mol. The SMILES string of the molecule is CCCCCC(=O)NS(=O)(=O)c1ccc(-c2conc2-c2cccc(C)c2)cc1. The number of unbranched alkanes of at least 4 members (excludes halogenated alkanes) is 2. The van der Waals surface area contributed by atoms with Crippen LogP contribution in [-0.4, -0.2) is 19.5 Å². The van der Waals surface area contributed by atoms with Crippen LogP contribution in [0, 0.1) is 6.92 Å². The Labute approximate surface area is 171 Å². The minimum absolute atomic E-state index is 0.0404. The molecule has 0 unspecified atom stereocenters. The van der Waals surface area contributed by atoms with E-state index in [1.165, 1.54) is 18.4 Å². The van der Waals surface area contributed by atoms with E-state index in [1.807, 2.05) is 38.1 Å². The second-order valence-corrected chi connectivity index (χ2v) is 8.64. The van der Waals surface area contributed by atoms with Crippen molar-refractivity contribution in [3.63, 3.8) is 0 Å². The van der Waals surface area contributed by atoms with Crippen LogP contribution in [0.5, 0.6) is 0 Å². The number of aromatic nitrogens is 1. The van der Waals surface area contributed by atoms with Crippen molar-refractivity contribution in [1.82, 2.24) is 9.88 Å². The molecule has 3 rings (SSSR count). The van der Waals surface area contributed by atoms with Crippen LogP contribution in [-0.2, 0) is 14.8 Å². The number of amides is 1. The molecule has 1 N–H and O–H groups in total. The first-order valence-corrected chi connectivity index (χ1v) is 11.1. The number of nitrogens with one attached hydrogen (secondary N) is 1. The van der Waals surface area contributed by atoms with Crippen molar-refractivity contribution in [3.8, 4) is 22.4 Å². The molecule has 0 bridgehead atoms. The van der Waals surface area contributed by atoms with E-state index in [0.717, 1.165) is 35.1 Å². The summed E-state index contributed by atoms with van der Waals surface area (Å²) in [5.74, 6) is -0.483. The van der Waals surface area contributed by atoms with E-state index < -0.39 is 15.9 Å². The number of carbonyl (C=O) groups is 1. The Morgan fingerprint density at radius 3 is 2.52 bits per heavy atom. The lowest BCUT2D eigenvalue weighted by molar-refractivity contribution is -0.119. The van der Waals surface area contributed by atoms with Crippen LogP contribution >= 0.6 is 0 Å². The summed E-state index contributed by atoms with van der Waals surface area (Å²) < 4.78 is 32.2. The topological polar surface area (TPSA) is 89.3 Å². The maximum atomic E-state index is 12.4. The first kappa shape index (κ1) is 20.8. The number of rotatable bonds is 8. The zero-order valence-corrected chi connectivity index (χ0v) is 17.3. The molecule has 1 aromatic heterocycles. The Bertz CT molecular complexity index is 1090. The van der Waals surface area contributed by atoms with Gasteiger partial charge in [0.25, 0.3) is 10.0 Å². The fourth-order valence-corrected chi connectivity index (χ4v) is 4.07. The van der Waals surface area contributed by atoms with Gasteiger partial charge in [-0.1, -0.05) is 60.8 Å². The van der Waals surface area contributed by atoms with E-state index in [-0.39, 0.29) is 11.3 Å². The van der Waals surface area contributed by atoms with E-state index in [4.69, 9.17) is 4.52 Å². The summed E-state index contributed by atoms with van der Waals surface area (Å²) in [4.78, 5) is 11.9. The molecule has 1 heterocycles. The smallest absolute Gasteiger partial charge is 0.264 e. The van der Waals surface area contributed by atoms with Gasteiger partial charge in [0.15, 0.2) is 0 Å². The van der Waals surface area contributed by atoms with Gasteiger partial charge in [0.1, 0.15) is 12.0 Å². The quantitative estimate of drug-likeness (QED) is 0.542. The lowest BCUT2D eigenvalue weighted by Crippen LogP contribution is -2.30. The van der Waals surface area contributed by atoms with Gasteiger partial charge in [-0.25, -0.2) is 13.1 Å². The number of benzene rings is 2. The zero-order chi connectivity index (χ0) is 20.9. The maximum absolute atomic E-state index is 12.4. The lowest BCUT2D eigenvalue weighted by Gasteiger charge is -2.08. The molecule has 0 fully saturated rings. The Kier molecular flexibility index (Phi) is 6.49. The third-order valence-electron chi connectivity index (χ3n) is 4.59. The highest BCUT2D eigenvalue weighted by Gasteiger charge is 2.18. The van der Waals surface area contributed by atoms with E-state index in [2.05, 4.69) is 9.88 Å². The minimum Gasteiger partial charge on any atom is -0.363 e. The van der Waals surface area contributed by atoms with Gasteiger partial charge in [0, 0.05) is 17.5 Å². The first-order valence-electron chi connectivity index (χ1n) is 9.58. The Hall–Kier alpha value is -2.93. The number of carbonyl (C=O) groups excluding carboxylic acids is 1. The van der Waals surface area contributed by atoms with Crippen LogP contribution in [0.2, 0.25) is 0 Å². The molecule has 7 heteroatoms. The summed E-state index contributed by atoms with van der Waals surface area (Å²) in [6.45, 7) is 4.02. The molecule has 0 aliphatic rings. The number of hydrogen-bond acceptors (Lipinski definition) is 5.